The van der Waals surface area contributed by atoms with Crippen LogP contribution < -0.4 is 5.32 Å². The molecular weight excluding hydrogens is 282 g/mol. The van der Waals surface area contributed by atoms with Gasteiger partial charge in [0, 0.05) is 12.1 Å². The lowest BCUT2D eigenvalue weighted by molar-refractivity contribution is -0.141. The molecule has 0 fully saturated rings. The molecule has 1 rings (SSSR count). The van der Waals surface area contributed by atoms with Crippen molar-refractivity contribution in [1.82, 2.24) is 5.32 Å². The van der Waals surface area contributed by atoms with Gasteiger partial charge in [0.05, 0.1) is 11.5 Å². The van der Waals surface area contributed by atoms with Crippen molar-refractivity contribution in [3.63, 3.8) is 0 Å². The summed E-state index contributed by atoms with van der Waals surface area (Å²) in [6, 6.07) is 1.82. The number of amides is 1. The van der Waals surface area contributed by atoms with Crippen LogP contribution in [-0.4, -0.2) is 23.5 Å². The van der Waals surface area contributed by atoms with Gasteiger partial charge in [-0.05, 0) is 18.2 Å². The number of benzene rings is 1. The van der Waals surface area contributed by atoms with E-state index in [0.29, 0.717) is 12.1 Å². The topological polar surface area (TPSA) is 66.4 Å². The van der Waals surface area contributed by atoms with Gasteiger partial charge in [0.15, 0.2) is 0 Å². The molecule has 1 atom stereocenters. The molecule has 4 nitrogen and oxygen atoms in total. The molecule has 110 valence electrons. The Hall–Kier alpha value is -2.12. The van der Waals surface area contributed by atoms with Crippen LogP contribution in [0.1, 0.15) is 22.8 Å². The Kier molecular flexibility index (Phi) is 4.69. The first kappa shape index (κ1) is 15.9. The average Bonchev–Trinajstić information content (AvgIpc) is 2.34. The fraction of sp³-hybridized carbons (Fsp3) is 0.333. The van der Waals surface area contributed by atoms with Gasteiger partial charge in [-0.2, -0.15) is 13.2 Å². The first-order valence-corrected chi connectivity index (χ1v) is 5.50. The van der Waals surface area contributed by atoms with Crippen LogP contribution in [0, 0.1) is 11.7 Å². The number of aliphatic carboxylic acids is 1. The number of carbonyl (C=O) groups excluding carboxylic acids is 1. The SMILES string of the molecule is CC(CNC(=O)c1ccc(F)c(C(F)(F)F)c1)C(=O)O. The molecule has 0 aromatic heterocycles. The maximum Gasteiger partial charge on any atom is 0.419 e. The highest BCUT2D eigenvalue weighted by Crippen LogP contribution is 2.31. The molecule has 0 bridgehead atoms. The molecule has 20 heavy (non-hydrogen) atoms. The van der Waals surface area contributed by atoms with Gasteiger partial charge >= 0.3 is 12.1 Å². The summed E-state index contributed by atoms with van der Waals surface area (Å²) < 4.78 is 50.4. The smallest absolute Gasteiger partial charge is 0.419 e. The lowest BCUT2D eigenvalue weighted by Gasteiger charge is -2.11. The van der Waals surface area contributed by atoms with E-state index in [1.807, 2.05) is 0 Å². The van der Waals surface area contributed by atoms with Gasteiger partial charge in [-0.25, -0.2) is 4.39 Å². The Morgan fingerprint density at radius 3 is 2.45 bits per heavy atom. The van der Waals surface area contributed by atoms with Crippen LogP contribution in [0.4, 0.5) is 17.6 Å². The minimum atomic E-state index is -4.91. The lowest BCUT2D eigenvalue weighted by atomic mass is 10.1. The zero-order chi connectivity index (χ0) is 15.5. The molecule has 8 heteroatoms. The molecule has 0 heterocycles. The van der Waals surface area contributed by atoms with E-state index in [1.54, 1.807) is 0 Å². The number of nitrogens with one attached hydrogen (secondary N) is 1. The number of alkyl halides is 3. The normalized spacial score (nSPS) is 12.8. The highest BCUT2D eigenvalue weighted by Gasteiger charge is 2.34. The van der Waals surface area contributed by atoms with Gasteiger partial charge in [-0.1, -0.05) is 6.92 Å². The molecule has 0 aliphatic carbocycles. The third kappa shape index (κ3) is 3.94. The maximum absolute atomic E-state index is 13.0. The summed E-state index contributed by atoms with van der Waals surface area (Å²) in [6.07, 6.45) is -4.91. The number of carbonyl (C=O) groups is 2. The molecule has 1 unspecified atom stereocenters. The van der Waals surface area contributed by atoms with Crippen LogP contribution >= 0.6 is 0 Å². The predicted molar refractivity (Wildman–Crippen MR) is 60.5 cm³/mol. The van der Waals surface area contributed by atoms with Crippen molar-refractivity contribution in [3.8, 4) is 0 Å². The molecule has 0 saturated carbocycles. The van der Waals surface area contributed by atoms with Gasteiger partial charge in [0.2, 0.25) is 0 Å². The molecule has 0 radical (unpaired) electrons. The molecule has 0 saturated heterocycles. The summed E-state index contributed by atoms with van der Waals surface area (Å²) in [7, 11) is 0. The minimum absolute atomic E-state index is 0.243. The molecule has 1 aromatic carbocycles. The Labute approximate surface area is 111 Å². The first-order chi connectivity index (χ1) is 9.12. The summed E-state index contributed by atoms with van der Waals surface area (Å²) >= 11 is 0. The van der Waals surface area contributed by atoms with Crippen LogP contribution in [0.15, 0.2) is 18.2 Å². The van der Waals surface area contributed by atoms with Gasteiger partial charge in [0.25, 0.3) is 5.91 Å². The third-order valence-corrected chi connectivity index (χ3v) is 2.52. The van der Waals surface area contributed by atoms with Crippen molar-refractivity contribution < 1.29 is 32.3 Å². The second kappa shape index (κ2) is 5.89. The Morgan fingerprint density at radius 1 is 1.35 bits per heavy atom. The first-order valence-electron chi connectivity index (χ1n) is 5.50. The van der Waals surface area contributed by atoms with Crippen LogP contribution in [0.2, 0.25) is 0 Å². The Balaban J connectivity index is 2.87. The van der Waals surface area contributed by atoms with Gasteiger partial charge < -0.3 is 10.4 Å². The largest absolute Gasteiger partial charge is 0.481 e. The highest BCUT2D eigenvalue weighted by molar-refractivity contribution is 5.94. The summed E-state index contributed by atoms with van der Waals surface area (Å²) in [4.78, 5) is 22.1. The fourth-order valence-corrected chi connectivity index (χ4v) is 1.32. The Bertz CT molecular complexity index is 528. The number of carboxylic acids is 1. The van der Waals surface area contributed by atoms with Gasteiger partial charge in [-0.3, -0.25) is 9.59 Å². The number of hydrogen-bond acceptors (Lipinski definition) is 2. The monoisotopic (exact) mass is 293 g/mol. The summed E-state index contributed by atoms with van der Waals surface area (Å²) in [5, 5.41) is 10.8. The quantitative estimate of drug-likeness (QED) is 0.837. The van der Waals surface area contributed by atoms with Crippen LogP contribution in [0.3, 0.4) is 0 Å². The van der Waals surface area contributed by atoms with E-state index >= 15 is 0 Å². The van der Waals surface area contributed by atoms with Crippen LogP contribution in [0.25, 0.3) is 0 Å². The zero-order valence-electron chi connectivity index (χ0n) is 10.3. The molecule has 1 amide bonds. The number of halogens is 4. The maximum atomic E-state index is 13.0. The van der Waals surface area contributed by atoms with E-state index in [1.165, 1.54) is 6.92 Å². The summed E-state index contributed by atoms with van der Waals surface area (Å²) in [5.41, 5.74) is -1.94. The molecule has 0 spiro atoms. The zero-order valence-corrected chi connectivity index (χ0v) is 10.3. The van der Waals surface area contributed by atoms with Crippen molar-refractivity contribution >= 4 is 11.9 Å². The second-order valence-electron chi connectivity index (χ2n) is 4.14. The van der Waals surface area contributed by atoms with E-state index < -0.39 is 40.9 Å². The fourth-order valence-electron chi connectivity index (χ4n) is 1.32. The molecule has 0 aliphatic heterocycles. The summed E-state index contributed by atoms with van der Waals surface area (Å²) in [6.45, 7) is 1.08. The second-order valence-corrected chi connectivity index (χ2v) is 4.14. The predicted octanol–water partition coefficient (Wildman–Crippen LogP) is 2.29. The van der Waals surface area contributed by atoms with E-state index in [0.717, 1.165) is 6.07 Å². The number of carboxylic acid groups (broad SMARTS) is 1. The molecule has 0 aliphatic rings. The van der Waals surface area contributed by atoms with E-state index in [2.05, 4.69) is 5.32 Å². The van der Waals surface area contributed by atoms with Crippen molar-refractivity contribution in [3.05, 3.63) is 35.1 Å². The lowest BCUT2D eigenvalue weighted by Crippen LogP contribution is -2.31. The van der Waals surface area contributed by atoms with Gasteiger partial charge in [-0.15, -0.1) is 0 Å². The van der Waals surface area contributed by atoms with Crippen LogP contribution in [-0.2, 0) is 11.0 Å². The minimum Gasteiger partial charge on any atom is -0.481 e. The van der Waals surface area contributed by atoms with E-state index in [-0.39, 0.29) is 6.54 Å². The van der Waals surface area contributed by atoms with Crippen molar-refractivity contribution in [1.29, 1.82) is 0 Å². The molecular formula is C12H11F4NO3. The highest BCUT2D eigenvalue weighted by atomic mass is 19.4. The summed E-state index contributed by atoms with van der Waals surface area (Å²) in [5.74, 6) is -4.42. The van der Waals surface area contributed by atoms with Gasteiger partial charge in [0.1, 0.15) is 5.82 Å². The van der Waals surface area contributed by atoms with Crippen molar-refractivity contribution in [2.45, 2.75) is 13.1 Å². The average molecular weight is 293 g/mol. The van der Waals surface area contributed by atoms with E-state index in [4.69, 9.17) is 5.11 Å². The standard InChI is InChI=1S/C12H11F4NO3/c1-6(11(19)20)5-17-10(18)7-2-3-9(13)8(4-7)12(14,15)16/h2-4,6H,5H2,1H3,(H,17,18)(H,19,20). The van der Waals surface area contributed by atoms with E-state index in [9.17, 15) is 27.2 Å². The Morgan fingerprint density at radius 2 is 1.95 bits per heavy atom. The third-order valence-electron chi connectivity index (χ3n) is 2.52. The molecule has 1 aromatic rings. The molecule has 2 N–H and O–H groups in total. The number of hydrogen-bond donors (Lipinski definition) is 2. The number of rotatable bonds is 4. The van der Waals surface area contributed by atoms with Crippen molar-refractivity contribution in [2.24, 2.45) is 5.92 Å². The van der Waals surface area contributed by atoms with Crippen LogP contribution in [0.5, 0.6) is 0 Å². The van der Waals surface area contributed by atoms with Crippen molar-refractivity contribution in [2.75, 3.05) is 6.54 Å².